The summed E-state index contributed by atoms with van der Waals surface area (Å²) in [6, 6.07) is 8.64. The molecule has 2 aliphatic carbocycles. The fraction of sp³-hybridized carbons (Fsp3) is 0.667. The molecule has 20 heavy (non-hydrogen) atoms. The van der Waals surface area contributed by atoms with Crippen LogP contribution in [0.3, 0.4) is 0 Å². The van der Waals surface area contributed by atoms with E-state index in [2.05, 4.69) is 35.3 Å². The van der Waals surface area contributed by atoms with Crippen LogP contribution in [0.4, 0.5) is 0 Å². The molecule has 1 saturated carbocycles. The Balaban J connectivity index is 1.46. The van der Waals surface area contributed by atoms with E-state index < -0.39 is 0 Å². The monoisotopic (exact) mass is 270 g/mol. The van der Waals surface area contributed by atoms with Crippen LogP contribution in [0.25, 0.3) is 0 Å². The third kappa shape index (κ3) is 2.51. The van der Waals surface area contributed by atoms with E-state index in [0.29, 0.717) is 6.04 Å². The van der Waals surface area contributed by atoms with Gasteiger partial charge in [0.25, 0.3) is 0 Å². The Morgan fingerprint density at radius 1 is 1.20 bits per heavy atom. The molecule has 2 fully saturated rings. The lowest BCUT2D eigenvalue weighted by molar-refractivity contribution is 0.125. The van der Waals surface area contributed by atoms with E-state index in [1.807, 2.05) is 0 Å². The van der Waals surface area contributed by atoms with E-state index in [1.165, 1.54) is 44.2 Å². The number of piperazine rings is 1. The second-order valence-corrected chi connectivity index (χ2v) is 7.09. The first-order valence-electron chi connectivity index (χ1n) is 8.38. The van der Waals surface area contributed by atoms with Gasteiger partial charge < -0.3 is 5.32 Å². The average molecular weight is 270 g/mol. The topological polar surface area (TPSA) is 15.3 Å². The van der Waals surface area contributed by atoms with E-state index in [9.17, 15) is 0 Å². The van der Waals surface area contributed by atoms with Crippen molar-refractivity contribution in [2.45, 2.75) is 57.7 Å². The minimum atomic E-state index is 0.665. The van der Waals surface area contributed by atoms with Crippen molar-refractivity contribution in [1.82, 2.24) is 10.2 Å². The molecule has 0 spiro atoms. The molecule has 4 rings (SSSR count). The molecule has 0 bridgehead atoms. The predicted octanol–water partition coefficient (Wildman–Crippen LogP) is 2.75. The maximum absolute atomic E-state index is 3.75. The molecule has 2 unspecified atom stereocenters. The highest BCUT2D eigenvalue weighted by molar-refractivity contribution is 5.35. The van der Waals surface area contributed by atoms with Crippen molar-refractivity contribution in [1.29, 1.82) is 0 Å². The quantitative estimate of drug-likeness (QED) is 0.908. The van der Waals surface area contributed by atoms with Crippen LogP contribution in [-0.2, 0) is 19.4 Å². The second kappa shape index (κ2) is 5.16. The van der Waals surface area contributed by atoms with E-state index in [-0.39, 0.29) is 0 Å². The van der Waals surface area contributed by atoms with Gasteiger partial charge in [-0.15, -0.1) is 0 Å². The van der Waals surface area contributed by atoms with Gasteiger partial charge in [-0.05, 0) is 61.6 Å². The van der Waals surface area contributed by atoms with Crippen molar-refractivity contribution in [3.05, 3.63) is 34.9 Å². The molecule has 1 N–H and O–H groups in total. The summed E-state index contributed by atoms with van der Waals surface area (Å²) in [5.74, 6) is 0.963. The number of hydrogen-bond acceptors (Lipinski definition) is 2. The summed E-state index contributed by atoms with van der Waals surface area (Å²) < 4.78 is 0. The molecule has 2 nitrogen and oxygen atoms in total. The van der Waals surface area contributed by atoms with Crippen LogP contribution in [0.5, 0.6) is 0 Å². The first kappa shape index (κ1) is 12.8. The summed E-state index contributed by atoms with van der Waals surface area (Å²) in [6.07, 6.45) is 6.83. The normalized spacial score (nSPS) is 30.4. The standard InChI is InChI=1S/C18H26N2/c1-13-10-19-18(16-7-8-16)12-20(13)11-14-5-6-15-3-2-4-17(15)9-14/h5-6,9,13,16,18-19H,2-4,7-8,10-12H2,1H3. The lowest BCUT2D eigenvalue weighted by Gasteiger charge is -2.39. The molecule has 1 aliphatic heterocycles. The molecule has 1 saturated heterocycles. The number of hydrogen-bond donors (Lipinski definition) is 1. The zero-order chi connectivity index (χ0) is 13.5. The Kier molecular flexibility index (Phi) is 3.31. The van der Waals surface area contributed by atoms with Crippen LogP contribution < -0.4 is 5.32 Å². The van der Waals surface area contributed by atoms with Gasteiger partial charge >= 0.3 is 0 Å². The first-order chi connectivity index (χ1) is 9.79. The van der Waals surface area contributed by atoms with E-state index >= 15 is 0 Å². The predicted molar refractivity (Wildman–Crippen MR) is 82.9 cm³/mol. The van der Waals surface area contributed by atoms with Crippen LogP contribution in [0.1, 0.15) is 42.9 Å². The molecule has 108 valence electrons. The summed E-state index contributed by atoms with van der Waals surface area (Å²) in [7, 11) is 0. The van der Waals surface area contributed by atoms with Gasteiger partial charge in [-0.2, -0.15) is 0 Å². The van der Waals surface area contributed by atoms with Crippen LogP contribution in [0, 0.1) is 5.92 Å². The van der Waals surface area contributed by atoms with Gasteiger partial charge in [0.2, 0.25) is 0 Å². The van der Waals surface area contributed by atoms with Crippen molar-refractivity contribution >= 4 is 0 Å². The SMILES string of the molecule is CC1CNC(C2CC2)CN1Cc1ccc2c(c1)CCC2. The summed E-state index contributed by atoms with van der Waals surface area (Å²) in [4.78, 5) is 2.69. The van der Waals surface area contributed by atoms with Gasteiger partial charge in [0.05, 0.1) is 0 Å². The minimum Gasteiger partial charge on any atom is -0.311 e. The number of fused-ring (bicyclic) bond motifs is 1. The summed E-state index contributed by atoms with van der Waals surface area (Å²) >= 11 is 0. The van der Waals surface area contributed by atoms with Crippen LogP contribution in [0.15, 0.2) is 18.2 Å². The Morgan fingerprint density at radius 3 is 2.90 bits per heavy atom. The number of aryl methyl sites for hydroxylation is 2. The number of nitrogens with one attached hydrogen (secondary N) is 1. The minimum absolute atomic E-state index is 0.665. The molecule has 0 radical (unpaired) electrons. The molecular weight excluding hydrogens is 244 g/mol. The van der Waals surface area contributed by atoms with Gasteiger partial charge in [-0.3, -0.25) is 4.90 Å². The van der Waals surface area contributed by atoms with Crippen molar-refractivity contribution in [2.75, 3.05) is 13.1 Å². The number of benzene rings is 1. The first-order valence-corrected chi connectivity index (χ1v) is 8.38. The van der Waals surface area contributed by atoms with Gasteiger partial charge in [0.1, 0.15) is 0 Å². The van der Waals surface area contributed by atoms with Crippen molar-refractivity contribution in [3.63, 3.8) is 0 Å². The molecule has 1 aromatic rings. The second-order valence-electron chi connectivity index (χ2n) is 7.09. The zero-order valence-electron chi connectivity index (χ0n) is 12.6. The molecule has 2 heteroatoms. The van der Waals surface area contributed by atoms with Gasteiger partial charge in [-0.1, -0.05) is 18.2 Å². The van der Waals surface area contributed by atoms with Crippen molar-refractivity contribution < 1.29 is 0 Å². The maximum atomic E-state index is 3.75. The summed E-state index contributed by atoms with van der Waals surface area (Å²) in [5.41, 5.74) is 4.73. The Morgan fingerprint density at radius 2 is 2.05 bits per heavy atom. The lowest BCUT2D eigenvalue weighted by atomic mass is 10.0. The summed E-state index contributed by atoms with van der Waals surface area (Å²) in [6.45, 7) is 5.90. The van der Waals surface area contributed by atoms with Crippen LogP contribution in [-0.4, -0.2) is 30.1 Å². The molecule has 1 heterocycles. The van der Waals surface area contributed by atoms with Gasteiger partial charge in [0, 0.05) is 31.7 Å². The average Bonchev–Trinajstić information content (AvgIpc) is 3.19. The fourth-order valence-electron chi connectivity index (χ4n) is 3.94. The molecule has 1 aromatic carbocycles. The third-order valence-corrected chi connectivity index (χ3v) is 5.47. The highest BCUT2D eigenvalue weighted by Crippen LogP contribution is 2.34. The maximum Gasteiger partial charge on any atom is 0.0237 e. The zero-order valence-corrected chi connectivity index (χ0v) is 12.6. The molecule has 3 aliphatic rings. The molecular formula is C18H26N2. The van der Waals surface area contributed by atoms with Gasteiger partial charge in [-0.25, -0.2) is 0 Å². The highest BCUT2D eigenvalue weighted by Gasteiger charge is 2.35. The molecule has 0 amide bonds. The lowest BCUT2D eigenvalue weighted by Crippen LogP contribution is -2.55. The third-order valence-electron chi connectivity index (χ3n) is 5.47. The van der Waals surface area contributed by atoms with E-state index in [1.54, 1.807) is 11.1 Å². The van der Waals surface area contributed by atoms with Crippen LogP contribution >= 0.6 is 0 Å². The smallest absolute Gasteiger partial charge is 0.0237 e. The summed E-state index contributed by atoms with van der Waals surface area (Å²) in [5, 5.41) is 3.75. The van der Waals surface area contributed by atoms with Crippen molar-refractivity contribution in [2.24, 2.45) is 5.92 Å². The van der Waals surface area contributed by atoms with Gasteiger partial charge in [0.15, 0.2) is 0 Å². The Hall–Kier alpha value is -0.860. The fourth-order valence-corrected chi connectivity index (χ4v) is 3.94. The highest BCUT2D eigenvalue weighted by atomic mass is 15.2. The van der Waals surface area contributed by atoms with E-state index in [4.69, 9.17) is 0 Å². The van der Waals surface area contributed by atoms with Crippen molar-refractivity contribution in [3.8, 4) is 0 Å². The van der Waals surface area contributed by atoms with E-state index in [0.717, 1.165) is 25.0 Å². The van der Waals surface area contributed by atoms with Crippen LogP contribution in [0.2, 0.25) is 0 Å². The molecule has 2 atom stereocenters. The Bertz CT molecular complexity index is 492. The number of rotatable bonds is 3. The number of nitrogens with zero attached hydrogens (tertiary/aromatic N) is 1. The largest absolute Gasteiger partial charge is 0.311 e. The Labute approximate surface area is 122 Å². The molecule has 0 aromatic heterocycles.